The molecule has 106 valence electrons. The van der Waals surface area contributed by atoms with Gasteiger partial charge in [-0.1, -0.05) is 18.2 Å². The molecule has 0 unspecified atom stereocenters. The summed E-state index contributed by atoms with van der Waals surface area (Å²) >= 11 is 0. The molecule has 0 radical (unpaired) electrons. The molecule has 1 aliphatic rings. The Kier molecular flexibility index (Phi) is 5.37. The lowest BCUT2D eigenvalue weighted by molar-refractivity contribution is 0.0549. The molecule has 0 spiro atoms. The van der Waals surface area contributed by atoms with Crippen molar-refractivity contribution in [1.29, 1.82) is 0 Å². The van der Waals surface area contributed by atoms with E-state index in [1.807, 2.05) is 0 Å². The summed E-state index contributed by atoms with van der Waals surface area (Å²) < 4.78 is 5.41. The minimum absolute atomic E-state index is 0.624. The molecule has 1 fully saturated rings. The zero-order valence-electron chi connectivity index (χ0n) is 12.2. The first kappa shape index (κ1) is 14.5. The van der Waals surface area contributed by atoms with E-state index in [0.717, 1.165) is 25.7 Å². The lowest BCUT2D eigenvalue weighted by atomic mass is 9.99. The van der Waals surface area contributed by atoms with Crippen LogP contribution in [0.3, 0.4) is 0 Å². The van der Waals surface area contributed by atoms with E-state index in [1.165, 1.54) is 36.1 Å². The molecule has 1 aromatic rings. The van der Waals surface area contributed by atoms with E-state index in [4.69, 9.17) is 10.5 Å². The molecule has 3 nitrogen and oxygen atoms in total. The zero-order chi connectivity index (χ0) is 13.7. The highest BCUT2D eigenvalue weighted by Gasteiger charge is 2.16. The highest BCUT2D eigenvalue weighted by molar-refractivity contribution is 5.30. The summed E-state index contributed by atoms with van der Waals surface area (Å²) in [4.78, 5) is 2.43. The van der Waals surface area contributed by atoms with Crippen molar-refractivity contribution in [3.05, 3.63) is 34.9 Å². The summed E-state index contributed by atoms with van der Waals surface area (Å²) in [5.74, 6) is 0.794. The fourth-order valence-electron chi connectivity index (χ4n) is 2.79. The van der Waals surface area contributed by atoms with Crippen LogP contribution in [0.15, 0.2) is 18.2 Å². The first-order chi connectivity index (χ1) is 9.19. The van der Waals surface area contributed by atoms with Gasteiger partial charge in [0, 0.05) is 32.8 Å². The predicted molar refractivity (Wildman–Crippen MR) is 78.9 cm³/mol. The van der Waals surface area contributed by atoms with Gasteiger partial charge in [-0.2, -0.15) is 0 Å². The first-order valence-corrected chi connectivity index (χ1v) is 7.24. The maximum absolute atomic E-state index is 5.67. The largest absolute Gasteiger partial charge is 0.381 e. The quantitative estimate of drug-likeness (QED) is 0.885. The second kappa shape index (κ2) is 7.04. The molecule has 19 heavy (non-hydrogen) atoms. The maximum Gasteiger partial charge on any atom is 0.0469 e. The minimum Gasteiger partial charge on any atom is -0.381 e. The monoisotopic (exact) mass is 262 g/mol. The molecule has 3 heteroatoms. The molecule has 1 saturated heterocycles. The van der Waals surface area contributed by atoms with E-state index < -0.39 is 0 Å². The van der Waals surface area contributed by atoms with Crippen molar-refractivity contribution >= 4 is 0 Å². The number of aryl methyl sites for hydroxylation is 1. The number of ether oxygens (including phenoxy) is 1. The molecule has 0 atom stereocenters. The molecule has 0 amide bonds. The lowest BCUT2D eigenvalue weighted by Gasteiger charge is -2.27. The van der Waals surface area contributed by atoms with E-state index >= 15 is 0 Å². The summed E-state index contributed by atoms with van der Waals surface area (Å²) in [6.07, 6.45) is 2.41. The van der Waals surface area contributed by atoms with Crippen molar-refractivity contribution < 1.29 is 4.74 Å². The van der Waals surface area contributed by atoms with E-state index in [1.54, 1.807) is 0 Å². The average Bonchev–Trinajstić information content (AvgIpc) is 2.42. The van der Waals surface area contributed by atoms with Crippen LogP contribution in [-0.4, -0.2) is 31.7 Å². The standard InChI is InChI=1S/C16H26N2O/c1-13-9-15(10-17)3-4-16(13)12-18(2)11-14-5-7-19-8-6-14/h3-4,9,14H,5-8,10-12,17H2,1-2H3. The van der Waals surface area contributed by atoms with Crippen LogP contribution in [0, 0.1) is 12.8 Å². The van der Waals surface area contributed by atoms with Gasteiger partial charge in [0.15, 0.2) is 0 Å². The number of nitrogens with zero attached hydrogens (tertiary/aromatic N) is 1. The zero-order valence-corrected chi connectivity index (χ0v) is 12.2. The normalized spacial score (nSPS) is 17.1. The molecule has 1 aliphatic heterocycles. The fraction of sp³-hybridized carbons (Fsp3) is 0.625. The summed E-state index contributed by atoms with van der Waals surface area (Å²) in [6, 6.07) is 6.57. The van der Waals surface area contributed by atoms with Crippen molar-refractivity contribution in [2.75, 3.05) is 26.8 Å². The molecule has 0 saturated carbocycles. The van der Waals surface area contributed by atoms with Crippen LogP contribution in [0.1, 0.15) is 29.5 Å². The predicted octanol–water partition coefficient (Wildman–Crippen LogP) is 2.31. The second-order valence-electron chi connectivity index (χ2n) is 5.72. The van der Waals surface area contributed by atoms with Gasteiger partial charge < -0.3 is 15.4 Å². The van der Waals surface area contributed by atoms with Crippen LogP contribution >= 0.6 is 0 Å². The molecule has 0 aromatic heterocycles. The summed E-state index contributed by atoms with van der Waals surface area (Å²) in [5.41, 5.74) is 9.65. The Morgan fingerprint density at radius 3 is 2.68 bits per heavy atom. The van der Waals surface area contributed by atoms with Crippen LogP contribution in [0.5, 0.6) is 0 Å². The van der Waals surface area contributed by atoms with Gasteiger partial charge in [0.25, 0.3) is 0 Å². The molecule has 0 bridgehead atoms. The van der Waals surface area contributed by atoms with Gasteiger partial charge in [0.1, 0.15) is 0 Å². The van der Waals surface area contributed by atoms with Gasteiger partial charge in [-0.05, 0) is 49.4 Å². The van der Waals surface area contributed by atoms with Crippen LogP contribution < -0.4 is 5.73 Å². The third-order valence-corrected chi connectivity index (χ3v) is 3.99. The number of hydrogen-bond acceptors (Lipinski definition) is 3. The van der Waals surface area contributed by atoms with E-state index in [2.05, 4.69) is 37.1 Å². The Labute approximate surface area is 116 Å². The lowest BCUT2D eigenvalue weighted by Crippen LogP contribution is -2.29. The van der Waals surface area contributed by atoms with Crippen LogP contribution in [0.2, 0.25) is 0 Å². The molecular weight excluding hydrogens is 236 g/mol. The smallest absolute Gasteiger partial charge is 0.0469 e. The SMILES string of the molecule is Cc1cc(CN)ccc1CN(C)CC1CCOCC1. The third kappa shape index (κ3) is 4.30. The average molecular weight is 262 g/mol. The van der Waals surface area contributed by atoms with E-state index in [0.29, 0.717) is 6.54 Å². The molecule has 1 aromatic carbocycles. The van der Waals surface area contributed by atoms with Crippen LogP contribution in [0.25, 0.3) is 0 Å². The van der Waals surface area contributed by atoms with Crippen molar-refractivity contribution in [3.8, 4) is 0 Å². The Hall–Kier alpha value is -0.900. The van der Waals surface area contributed by atoms with Gasteiger partial charge in [-0.15, -0.1) is 0 Å². The van der Waals surface area contributed by atoms with Crippen molar-refractivity contribution in [3.63, 3.8) is 0 Å². The second-order valence-corrected chi connectivity index (χ2v) is 5.72. The topological polar surface area (TPSA) is 38.5 Å². The van der Waals surface area contributed by atoms with Gasteiger partial charge in [0.05, 0.1) is 0 Å². The molecule has 0 aliphatic carbocycles. The third-order valence-electron chi connectivity index (χ3n) is 3.99. The Morgan fingerprint density at radius 1 is 1.32 bits per heavy atom. The van der Waals surface area contributed by atoms with E-state index in [-0.39, 0.29) is 0 Å². The molecular formula is C16H26N2O. The van der Waals surface area contributed by atoms with Crippen LogP contribution in [0.4, 0.5) is 0 Å². The highest BCUT2D eigenvalue weighted by atomic mass is 16.5. The number of rotatable bonds is 5. The van der Waals surface area contributed by atoms with Crippen molar-refractivity contribution in [2.45, 2.75) is 32.9 Å². The number of benzene rings is 1. The van der Waals surface area contributed by atoms with Crippen molar-refractivity contribution in [1.82, 2.24) is 4.90 Å². The van der Waals surface area contributed by atoms with Crippen LogP contribution in [-0.2, 0) is 17.8 Å². The minimum atomic E-state index is 0.624. The Morgan fingerprint density at radius 2 is 2.05 bits per heavy atom. The van der Waals surface area contributed by atoms with Gasteiger partial charge >= 0.3 is 0 Å². The summed E-state index contributed by atoms with van der Waals surface area (Å²) in [7, 11) is 2.21. The maximum atomic E-state index is 5.67. The number of hydrogen-bond donors (Lipinski definition) is 1. The highest BCUT2D eigenvalue weighted by Crippen LogP contribution is 2.18. The Balaban J connectivity index is 1.88. The Bertz CT molecular complexity index is 400. The first-order valence-electron chi connectivity index (χ1n) is 7.24. The summed E-state index contributed by atoms with van der Waals surface area (Å²) in [6.45, 7) is 6.86. The fourth-order valence-corrected chi connectivity index (χ4v) is 2.79. The summed E-state index contributed by atoms with van der Waals surface area (Å²) in [5, 5.41) is 0. The molecule has 1 heterocycles. The number of nitrogens with two attached hydrogens (primary N) is 1. The van der Waals surface area contributed by atoms with Gasteiger partial charge in [0.2, 0.25) is 0 Å². The van der Waals surface area contributed by atoms with Gasteiger partial charge in [-0.3, -0.25) is 0 Å². The van der Waals surface area contributed by atoms with Gasteiger partial charge in [-0.25, -0.2) is 0 Å². The van der Waals surface area contributed by atoms with E-state index in [9.17, 15) is 0 Å². The molecule has 2 N–H and O–H groups in total. The molecule has 2 rings (SSSR count). The van der Waals surface area contributed by atoms with Crippen molar-refractivity contribution in [2.24, 2.45) is 11.7 Å².